The van der Waals surface area contributed by atoms with Crippen molar-refractivity contribution in [1.29, 1.82) is 0 Å². The molecule has 1 amide bonds. The highest BCUT2D eigenvalue weighted by molar-refractivity contribution is 5.95. The van der Waals surface area contributed by atoms with Crippen LogP contribution in [0.15, 0.2) is 42.5 Å². The topological polar surface area (TPSA) is 56.8 Å². The van der Waals surface area contributed by atoms with E-state index >= 15 is 0 Å². The summed E-state index contributed by atoms with van der Waals surface area (Å²) >= 11 is 0. The molecule has 128 valence electrons. The summed E-state index contributed by atoms with van der Waals surface area (Å²) in [6, 6.07) is 13.4. The largest absolute Gasteiger partial charge is 0.493 e. The summed E-state index contributed by atoms with van der Waals surface area (Å²) in [6.07, 6.45) is 0. The van der Waals surface area contributed by atoms with Crippen LogP contribution in [-0.2, 0) is 0 Å². The van der Waals surface area contributed by atoms with E-state index in [-0.39, 0.29) is 11.8 Å². The van der Waals surface area contributed by atoms with Crippen LogP contribution in [0.5, 0.6) is 17.2 Å². The van der Waals surface area contributed by atoms with Crippen LogP contribution in [0.1, 0.15) is 28.8 Å². The number of nitrogens with one attached hydrogen (secondary N) is 1. The summed E-state index contributed by atoms with van der Waals surface area (Å²) in [5, 5.41) is 2.95. The standard InChI is InChI=1S/C19H23NO4/c1-13(14-8-6-5-7-9-14)12-20-19(21)15-10-16(22-2)18(24-4)17(11-15)23-3/h5-11,13H,12H2,1-4H3,(H,20,21). The summed E-state index contributed by atoms with van der Waals surface area (Å²) in [4.78, 5) is 12.5. The zero-order valence-corrected chi connectivity index (χ0v) is 14.5. The summed E-state index contributed by atoms with van der Waals surface area (Å²) in [5.41, 5.74) is 1.65. The molecule has 5 nitrogen and oxygen atoms in total. The molecule has 24 heavy (non-hydrogen) atoms. The summed E-state index contributed by atoms with van der Waals surface area (Å²) in [7, 11) is 4.58. The average molecular weight is 329 g/mol. The highest BCUT2D eigenvalue weighted by atomic mass is 16.5. The molecule has 2 aromatic rings. The lowest BCUT2D eigenvalue weighted by molar-refractivity contribution is 0.0951. The molecule has 0 fully saturated rings. The molecule has 1 N–H and O–H groups in total. The Kier molecular flexibility index (Phi) is 6.07. The van der Waals surface area contributed by atoms with Crippen LogP contribution in [0.3, 0.4) is 0 Å². The smallest absolute Gasteiger partial charge is 0.251 e. The van der Waals surface area contributed by atoms with Gasteiger partial charge in [0.25, 0.3) is 5.91 Å². The molecule has 1 atom stereocenters. The number of carbonyl (C=O) groups excluding carboxylic acids is 1. The number of amides is 1. The predicted octanol–water partition coefficient (Wildman–Crippen LogP) is 3.25. The number of hydrogen-bond donors (Lipinski definition) is 1. The van der Waals surface area contributed by atoms with Crippen molar-refractivity contribution in [3.05, 3.63) is 53.6 Å². The van der Waals surface area contributed by atoms with E-state index < -0.39 is 0 Å². The minimum absolute atomic E-state index is 0.183. The summed E-state index contributed by atoms with van der Waals surface area (Å²) in [5.74, 6) is 1.42. The van der Waals surface area contributed by atoms with Gasteiger partial charge in [0.15, 0.2) is 11.5 Å². The van der Waals surface area contributed by atoms with E-state index in [4.69, 9.17) is 14.2 Å². The highest BCUT2D eigenvalue weighted by Crippen LogP contribution is 2.38. The van der Waals surface area contributed by atoms with Crippen molar-refractivity contribution < 1.29 is 19.0 Å². The molecule has 1 unspecified atom stereocenters. The number of rotatable bonds is 7. The molecule has 5 heteroatoms. The molecule has 0 heterocycles. The van der Waals surface area contributed by atoms with Gasteiger partial charge in [0.1, 0.15) is 0 Å². The molecular weight excluding hydrogens is 306 g/mol. The number of hydrogen-bond acceptors (Lipinski definition) is 4. The van der Waals surface area contributed by atoms with Gasteiger partial charge in [-0.1, -0.05) is 37.3 Å². The van der Waals surface area contributed by atoms with E-state index in [2.05, 4.69) is 24.4 Å². The molecule has 0 aliphatic heterocycles. The first-order chi connectivity index (χ1) is 11.6. The summed E-state index contributed by atoms with van der Waals surface area (Å²) in [6.45, 7) is 2.62. The van der Waals surface area contributed by atoms with Gasteiger partial charge in [0, 0.05) is 12.1 Å². The van der Waals surface area contributed by atoms with Gasteiger partial charge < -0.3 is 19.5 Å². The first-order valence-electron chi connectivity index (χ1n) is 7.73. The lowest BCUT2D eigenvalue weighted by atomic mass is 10.0. The highest BCUT2D eigenvalue weighted by Gasteiger charge is 2.17. The molecule has 0 aliphatic rings. The Morgan fingerprint density at radius 3 is 2.08 bits per heavy atom. The van der Waals surface area contributed by atoms with Crippen LogP contribution in [0.4, 0.5) is 0 Å². The maximum absolute atomic E-state index is 12.5. The van der Waals surface area contributed by atoms with Gasteiger partial charge in [0.2, 0.25) is 5.75 Å². The van der Waals surface area contributed by atoms with Crippen LogP contribution < -0.4 is 19.5 Å². The summed E-state index contributed by atoms with van der Waals surface area (Å²) < 4.78 is 15.8. The average Bonchev–Trinajstić information content (AvgIpc) is 2.65. The van der Waals surface area contributed by atoms with E-state index in [1.807, 2.05) is 18.2 Å². The van der Waals surface area contributed by atoms with Crippen LogP contribution >= 0.6 is 0 Å². The third-order valence-electron chi connectivity index (χ3n) is 3.86. The van der Waals surface area contributed by atoms with Crippen molar-refractivity contribution >= 4 is 5.91 Å². The molecule has 2 rings (SSSR count). The zero-order chi connectivity index (χ0) is 17.5. The fraction of sp³-hybridized carbons (Fsp3) is 0.316. The van der Waals surface area contributed by atoms with Crippen molar-refractivity contribution in [3.8, 4) is 17.2 Å². The van der Waals surface area contributed by atoms with Crippen LogP contribution in [0.2, 0.25) is 0 Å². The third-order valence-corrected chi connectivity index (χ3v) is 3.86. The Morgan fingerprint density at radius 2 is 1.58 bits per heavy atom. The van der Waals surface area contributed by atoms with Gasteiger partial charge in [-0.3, -0.25) is 4.79 Å². The molecule has 0 aliphatic carbocycles. The number of carbonyl (C=O) groups is 1. The number of benzene rings is 2. The Bertz CT molecular complexity index is 660. The van der Waals surface area contributed by atoms with Crippen molar-refractivity contribution in [2.24, 2.45) is 0 Å². The second kappa shape index (κ2) is 8.24. The molecule has 2 aromatic carbocycles. The van der Waals surface area contributed by atoms with E-state index in [1.54, 1.807) is 12.1 Å². The Morgan fingerprint density at radius 1 is 1.00 bits per heavy atom. The first kappa shape index (κ1) is 17.7. The van der Waals surface area contributed by atoms with Gasteiger partial charge in [-0.05, 0) is 23.6 Å². The number of methoxy groups -OCH3 is 3. The normalized spacial score (nSPS) is 11.5. The lowest BCUT2D eigenvalue weighted by Gasteiger charge is -2.16. The van der Waals surface area contributed by atoms with E-state index in [1.165, 1.54) is 26.9 Å². The fourth-order valence-electron chi connectivity index (χ4n) is 2.46. The molecule has 0 saturated heterocycles. The Balaban J connectivity index is 2.12. The quantitative estimate of drug-likeness (QED) is 0.847. The Labute approximate surface area is 142 Å². The fourth-order valence-corrected chi connectivity index (χ4v) is 2.46. The maximum atomic E-state index is 12.5. The van der Waals surface area contributed by atoms with Gasteiger partial charge in [0.05, 0.1) is 21.3 Å². The van der Waals surface area contributed by atoms with E-state index in [0.29, 0.717) is 29.4 Å². The first-order valence-corrected chi connectivity index (χ1v) is 7.73. The molecule has 0 saturated carbocycles. The molecule has 0 spiro atoms. The van der Waals surface area contributed by atoms with Crippen LogP contribution in [0.25, 0.3) is 0 Å². The van der Waals surface area contributed by atoms with Crippen molar-refractivity contribution in [2.45, 2.75) is 12.8 Å². The monoisotopic (exact) mass is 329 g/mol. The van der Waals surface area contributed by atoms with Crippen LogP contribution in [-0.4, -0.2) is 33.8 Å². The minimum atomic E-state index is -0.183. The third kappa shape index (κ3) is 3.98. The van der Waals surface area contributed by atoms with E-state index in [9.17, 15) is 4.79 Å². The van der Waals surface area contributed by atoms with Gasteiger partial charge in [-0.15, -0.1) is 0 Å². The van der Waals surface area contributed by atoms with Crippen LogP contribution in [0, 0.1) is 0 Å². The van der Waals surface area contributed by atoms with Gasteiger partial charge >= 0.3 is 0 Å². The lowest BCUT2D eigenvalue weighted by Crippen LogP contribution is -2.27. The minimum Gasteiger partial charge on any atom is -0.493 e. The molecule has 0 radical (unpaired) electrons. The second-order valence-electron chi connectivity index (χ2n) is 5.44. The molecule has 0 aromatic heterocycles. The van der Waals surface area contributed by atoms with Crippen molar-refractivity contribution in [3.63, 3.8) is 0 Å². The maximum Gasteiger partial charge on any atom is 0.251 e. The SMILES string of the molecule is COc1cc(C(=O)NCC(C)c2ccccc2)cc(OC)c1OC. The molecule has 0 bridgehead atoms. The van der Waals surface area contributed by atoms with Gasteiger partial charge in [-0.25, -0.2) is 0 Å². The number of ether oxygens (including phenoxy) is 3. The second-order valence-corrected chi connectivity index (χ2v) is 5.44. The predicted molar refractivity (Wildman–Crippen MR) is 93.3 cm³/mol. The van der Waals surface area contributed by atoms with Crippen molar-refractivity contribution in [2.75, 3.05) is 27.9 Å². The Hall–Kier alpha value is -2.69. The van der Waals surface area contributed by atoms with E-state index in [0.717, 1.165) is 0 Å². The van der Waals surface area contributed by atoms with Gasteiger partial charge in [-0.2, -0.15) is 0 Å². The van der Waals surface area contributed by atoms with Crippen molar-refractivity contribution in [1.82, 2.24) is 5.32 Å². The molecular formula is C19H23NO4. The zero-order valence-electron chi connectivity index (χ0n) is 14.5.